The zero-order valence-corrected chi connectivity index (χ0v) is 20.2. The SMILES string of the molecule is CCOc1cc(Cc2cnc(N)nc2N)cc(OCC2(CCC#N)CC2)c1-c1ccc(OC)cc1. The first-order valence-corrected chi connectivity index (χ1v) is 11.8. The Bertz CT molecular complexity index is 1220. The van der Waals surface area contributed by atoms with Crippen LogP contribution < -0.4 is 25.7 Å². The lowest BCUT2D eigenvalue weighted by Gasteiger charge is -2.21. The van der Waals surface area contributed by atoms with Crippen LogP contribution in [0.3, 0.4) is 0 Å². The molecule has 1 aliphatic carbocycles. The summed E-state index contributed by atoms with van der Waals surface area (Å²) in [6.07, 6.45) is 5.68. The molecule has 182 valence electrons. The van der Waals surface area contributed by atoms with E-state index in [1.165, 1.54) is 0 Å². The Morgan fingerprint density at radius 1 is 1.09 bits per heavy atom. The predicted octanol–water partition coefficient (Wildman–Crippen LogP) is 4.77. The Kier molecular flexibility index (Phi) is 7.25. The minimum Gasteiger partial charge on any atom is -0.497 e. The summed E-state index contributed by atoms with van der Waals surface area (Å²) in [6.45, 7) is 3.02. The Balaban J connectivity index is 1.74. The lowest BCUT2D eigenvalue weighted by Crippen LogP contribution is -2.14. The monoisotopic (exact) mass is 473 g/mol. The second kappa shape index (κ2) is 10.5. The third-order valence-corrected chi connectivity index (χ3v) is 6.37. The van der Waals surface area contributed by atoms with Crippen molar-refractivity contribution in [1.82, 2.24) is 9.97 Å². The van der Waals surface area contributed by atoms with Gasteiger partial charge in [-0.25, -0.2) is 4.98 Å². The summed E-state index contributed by atoms with van der Waals surface area (Å²) in [5.41, 5.74) is 15.4. The van der Waals surface area contributed by atoms with Crippen LogP contribution in [0.4, 0.5) is 11.8 Å². The Morgan fingerprint density at radius 2 is 1.80 bits per heavy atom. The molecule has 0 atom stereocenters. The van der Waals surface area contributed by atoms with Gasteiger partial charge in [-0.2, -0.15) is 10.2 Å². The van der Waals surface area contributed by atoms with Crippen molar-refractivity contribution in [2.75, 3.05) is 31.8 Å². The van der Waals surface area contributed by atoms with E-state index in [2.05, 4.69) is 16.0 Å². The van der Waals surface area contributed by atoms with Crippen LogP contribution in [-0.4, -0.2) is 30.3 Å². The summed E-state index contributed by atoms with van der Waals surface area (Å²) < 4.78 is 17.9. The summed E-state index contributed by atoms with van der Waals surface area (Å²) in [6, 6.07) is 14.1. The maximum absolute atomic E-state index is 9.04. The molecule has 1 aromatic heterocycles. The minimum absolute atomic E-state index is 0.0733. The first kappa shape index (κ1) is 24.1. The van der Waals surface area contributed by atoms with Crippen LogP contribution in [-0.2, 0) is 6.42 Å². The third kappa shape index (κ3) is 5.75. The fourth-order valence-electron chi connectivity index (χ4n) is 4.16. The normalized spacial score (nSPS) is 13.6. The van der Waals surface area contributed by atoms with Gasteiger partial charge in [0.2, 0.25) is 5.95 Å². The molecule has 4 rings (SSSR count). The topological polar surface area (TPSA) is 129 Å². The van der Waals surface area contributed by atoms with Crippen molar-refractivity contribution in [2.24, 2.45) is 5.41 Å². The molecule has 4 N–H and O–H groups in total. The number of hydrogen-bond acceptors (Lipinski definition) is 8. The van der Waals surface area contributed by atoms with E-state index in [4.69, 9.17) is 30.9 Å². The second-order valence-electron chi connectivity index (χ2n) is 8.89. The van der Waals surface area contributed by atoms with E-state index in [-0.39, 0.29) is 11.4 Å². The Hall–Kier alpha value is -3.99. The molecule has 8 heteroatoms. The second-order valence-corrected chi connectivity index (χ2v) is 8.89. The third-order valence-electron chi connectivity index (χ3n) is 6.37. The standard InChI is InChI=1S/C27H31N5O3/c1-3-34-22-14-18(13-20-16-31-26(30)32-25(20)29)15-23(35-17-27(10-11-27)9-4-12-28)24(22)19-5-7-21(33-2)8-6-19/h5-8,14-16H,3-4,9-11,13,17H2,1-2H3,(H4,29,30,31,32). The van der Waals surface area contributed by atoms with Gasteiger partial charge < -0.3 is 25.7 Å². The van der Waals surface area contributed by atoms with Gasteiger partial charge in [0.1, 0.15) is 23.1 Å². The molecule has 0 bridgehead atoms. The van der Waals surface area contributed by atoms with Gasteiger partial charge >= 0.3 is 0 Å². The summed E-state index contributed by atoms with van der Waals surface area (Å²) in [5.74, 6) is 2.73. The van der Waals surface area contributed by atoms with Crippen LogP contribution >= 0.6 is 0 Å². The molecule has 0 radical (unpaired) electrons. The Morgan fingerprint density at radius 3 is 2.40 bits per heavy atom. The first-order valence-electron chi connectivity index (χ1n) is 11.8. The highest BCUT2D eigenvalue weighted by Gasteiger charge is 2.43. The number of rotatable bonds is 11. The molecule has 0 saturated heterocycles. The van der Waals surface area contributed by atoms with Crippen LogP contribution in [0.15, 0.2) is 42.6 Å². The summed E-state index contributed by atoms with van der Waals surface area (Å²) in [7, 11) is 1.65. The molecule has 1 saturated carbocycles. The molecule has 2 aromatic carbocycles. The van der Waals surface area contributed by atoms with Crippen LogP contribution in [0.1, 0.15) is 43.7 Å². The smallest absolute Gasteiger partial charge is 0.221 e. The van der Waals surface area contributed by atoms with Crippen molar-refractivity contribution >= 4 is 11.8 Å². The molecule has 0 unspecified atom stereocenters. The highest BCUT2D eigenvalue weighted by Crippen LogP contribution is 2.51. The van der Waals surface area contributed by atoms with Crippen molar-refractivity contribution in [3.63, 3.8) is 0 Å². The number of nitrogen functional groups attached to an aromatic ring is 2. The fourth-order valence-corrected chi connectivity index (χ4v) is 4.16. The number of nitrogens with zero attached hydrogens (tertiary/aromatic N) is 3. The molecule has 1 fully saturated rings. The molecule has 0 aliphatic heterocycles. The molecule has 8 nitrogen and oxygen atoms in total. The number of aromatic nitrogens is 2. The van der Waals surface area contributed by atoms with Gasteiger partial charge in [0.15, 0.2) is 0 Å². The fraction of sp³-hybridized carbons (Fsp3) is 0.370. The van der Waals surface area contributed by atoms with E-state index in [0.29, 0.717) is 31.9 Å². The van der Waals surface area contributed by atoms with Crippen LogP contribution in [0, 0.1) is 16.7 Å². The van der Waals surface area contributed by atoms with Gasteiger partial charge in [-0.1, -0.05) is 12.1 Å². The zero-order chi connectivity index (χ0) is 24.8. The lowest BCUT2D eigenvalue weighted by atomic mass is 9.97. The largest absolute Gasteiger partial charge is 0.497 e. The average Bonchev–Trinajstić information content (AvgIpc) is 3.63. The van der Waals surface area contributed by atoms with Crippen LogP contribution in [0.2, 0.25) is 0 Å². The van der Waals surface area contributed by atoms with Crippen molar-refractivity contribution in [3.05, 3.63) is 53.7 Å². The molecule has 1 aliphatic rings. The first-order chi connectivity index (χ1) is 17.0. The molecule has 35 heavy (non-hydrogen) atoms. The quantitative estimate of drug-likeness (QED) is 0.407. The molecular weight excluding hydrogens is 442 g/mol. The molecular formula is C27H31N5O3. The number of hydrogen-bond donors (Lipinski definition) is 2. The van der Waals surface area contributed by atoms with Gasteiger partial charge in [-0.3, -0.25) is 0 Å². The summed E-state index contributed by atoms with van der Waals surface area (Å²) in [4.78, 5) is 8.17. The van der Waals surface area contributed by atoms with Gasteiger partial charge in [0.05, 0.1) is 32.0 Å². The van der Waals surface area contributed by atoms with Crippen molar-refractivity contribution in [3.8, 4) is 34.4 Å². The minimum atomic E-state index is 0.0733. The lowest BCUT2D eigenvalue weighted by molar-refractivity contribution is 0.226. The van der Waals surface area contributed by atoms with Crippen LogP contribution in [0.25, 0.3) is 11.1 Å². The number of benzene rings is 2. The van der Waals surface area contributed by atoms with Crippen molar-refractivity contribution in [1.29, 1.82) is 5.26 Å². The maximum atomic E-state index is 9.04. The highest BCUT2D eigenvalue weighted by atomic mass is 16.5. The van der Waals surface area contributed by atoms with Crippen LogP contribution in [0.5, 0.6) is 17.2 Å². The Labute approximate surface area is 205 Å². The van der Waals surface area contributed by atoms with Gasteiger partial charge in [-0.15, -0.1) is 0 Å². The molecule has 3 aromatic rings. The molecule has 0 amide bonds. The molecule has 1 heterocycles. The number of nitriles is 1. The number of ether oxygens (including phenoxy) is 3. The maximum Gasteiger partial charge on any atom is 0.221 e. The average molecular weight is 474 g/mol. The van der Waals surface area contributed by atoms with E-state index < -0.39 is 0 Å². The summed E-state index contributed by atoms with van der Waals surface area (Å²) >= 11 is 0. The summed E-state index contributed by atoms with van der Waals surface area (Å²) in [5, 5.41) is 9.04. The predicted molar refractivity (Wildman–Crippen MR) is 135 cm³/mol. The van der Waals surface area contributed by atoms with Gasteiger partial charge in [-0.05, 0) is 61.6 Å². The van der Waals surface area contributed by atoms with E-state index in [1.807, 2.05) is 43.3 Å². The van der Waals surface area contributed by atoms with Gasteiger partial charge in [0.25, 0.3) is 0 Å². The number of nitrogens with two attached hydrogens (primary N) is 2. The van der Waals surface area contributed by atoms with E-state index in [9.17, 15) is 0 Å². The van der Waals surface area contributed by atoms with Crippen molar-refractivity contribution < 1.29 is 14.2 Å². The van der Waals surface area contributed by atoms with E-state index in [1.54, 1.807) is 13.3 Å². The van der Waals surface area contributed by atoms with E-state index in [0.717, 1.165) is 58.8 Å². The number of anilines is 2. The number of methoxy groups -OCH3 is 1. The highest BCUT2D eigenvalue weighted by molar-refractivity contribution is 5.78. The van der Waals surface area contributed by atoms with Crippen molar-refractivity contribution in [2.45, 2.75) is 39.0 Å². The zero-order valence-electron chi connectivity index (χ0n) is 20.2. The molecule has 0 spiro atoms. The van der Waals surface area contributed by atoms with E-state index >= 15 is 0 Å². The van der Waals surface area contributed by atoms with Gasteiger partial charge in [0, 0.05) is 30.0 Å².